The van der Waals surface area contributed by atoms with Crippen molar-refractivity contribution < 1.29 is 14.6 Å². The number of ether oxygens (including phenoxy) is 2. The first-order valence-electron chi connectivity index (χ1n) is 8.97. The molecule has 2 fully saturated rings. The summed E-state index contributed by atoms with van der Waals surface area (Å²) in [7, 11) is 5.44. The lowest BCUT2D eigenvalue weighted by molar-refractivity contribution is -0.0808. The lowest BCUT2D eigenvalue weighted by Gasteiger charge is -2.50. The van der Waals surface area contributed by atoms with Gasteiger partial charge in [0.05, 0.1) is 20.3 Å². The van der Waals surface area contributed by atoms with Crippen LogP contribution >= 0.6 is 11.6 Å². The lowest BCUT2D eigenvalue weighted by Crippen LogP contribution is -2.58. The van der Waals surface area contributed by atoms with Gasteiger partial charge in [0, 0.05) is 48.2 Å². The van der Waals surface area contributed by atoms with Crippen molar-refractivity contribution in [1.82, 2.24) is 9.80 Å². The molecule has 0 aliphatic carbocycles. The zero-order chi connectivity index (χ0) is 18.0. The van der Waals surface area contributed by atoms with Crippen LogP contribution in [0.2, 0.25) is 5.02 Å². The molecule has 0 radical (unpaired) electrons. The number of benzene rings is 1. The van der Waals surface area contributed by atoms with Crippen LogP contribution in [0.25, 0.3) is 0 Å². The number of aliphatic hydroxyl groups is 1. The topological polar surface area (TPSA) is 45.2 Å². The van der Waals surface area contributed by atoms with E-state index in [1.807, 2.05) is 6.07 Å². The predicted octanol–water partition coefficient (Wildman–Crippen LogP) is 2.64. The third-order valence-corrected chi connectivity index (χ3v) is 5.90. The van der Waals surface area contributed by atoms with Gasteiger partial charge in [0.25, 0.3) is 0 Å². The van der Waals surface area contributed by atoms with E-state index < -0.39 is 0 Å². The first-order chi connectivity index (χ1) is 12.0. The Morgan fingerprint density at radius 3 is 2.76 bits per heavy atom. The van der Waals surface area contributed by atoms with Crippen LogP contribution < -0.4 is 9.47 Å². The summed E-state index contributed by atoms with van der Waals surface area (Å²) in [5.41, 5.74) is 1.00. The molecule has 25 heavy (non-hydrogen) atoms. The summed E-state index contributed by atoms with van der Waals surface area (Å²) in [6, 6.07) is 3.73. The molecule has 0 aromatic heterocycles. The van der Waals surface area contributed by atoms with Crippen LogP contribution in [0.1, 0.15) is 24.8 Å². The number of halogens is 1. The van der Waals surface area contributed by atoms with Crippen LogP contribution in [0.4, 0.5) is 0 Å². The Hall–Kier alpha value is -1.01. The van der Waals surface area contributed by atoms with Gasteiger partial charge in [-0.2, -0.15) is 0 Å². The highest BCUT2D eigenvalue weighted by molar-refractivity contribution is 6.30. The summed E-state index contributed by atoms with van der Waals surface area (Å²) in [6.45, 7) is 4.60. The van der Waals surface area contributed by atoms with E-state index in [9.17, 15) is 5.11 Å². The first-order valence-corrected chi connectivity index (χ1v) is 9.34. The molecule has 0 unspecified atom stereocenters. The highest BCUT2D eigenvalue weighted by Crippen LogP contribution is 2.40. The fourth-order valence-electron chi connectivity index (χ4n) is 4.53. The number of piperidine rings is 2. The van der Waals surface area contributed by atoms with Gasteiger partial charge < -0.3 is 19.5 Å². The van der Waals surface area contributed by atoms with Crippen molar-refractivity contribution in [2.75, 3.05) is 47.4 Å². The van der Waals surface area contributed by atoms with Crippen LogP contribution in [0.3, 0.4) is 0 Å². The largest absolute Gasteiger partial charge is 0.493 e. The fraction of sp³-hybridized carbons (Fsp3) is 0.684. The number of nitrogens with zero attached hydrogens (tertiary/aromatic N) is 2. The highest BCUT2D eigenvalue weighted by atomic mass is 35.5. The zero-order valence-electron chi connectivity index (χ0n) is 15.4. The van der Waals surface area contributed by atoms with Crippen molar-refractivity contribution in [3.05, 3.63) is 22.7 Å². The Bertz CT molecular complexity index is 613. The highest BCUT2D eigenvalue weighted by Gasteiger charge is 2.44. The molecular formula is C19H29ClN2O3. The van der Waals surface area contributed by atoms with Gasteiger partial charge in [0.1, 0.15) is 0 Å². The summed E-state index contributed by atoms with van der Waals surface area (Å²) in [5.74, 6) is 1.40. The second kappa shape index (κ2) is 7.70. The van der Waals surface area contributed by atoms with Crippen LogP contribution in [0.15, 0.2) is 12.1 Å². The second-order valence-electron chi connectivity index (χ2n) is 7.52. The maximum Gasteiger partial charge on any atom is 0.165 e. The van der Waals surface area contributed by atoms with Crippen LogP contribution in [0.5, 0.6) is 11.5 Å². The minimum absolute atomic E-state index is 0.0266. The molecule has 5 nitrogen and oxygen atoms in total. The standard InChI is InChI=1S/C19H29ClN2O3/c1-21-8-5-17(23)19(12-21)6-4-7-22(13-19)11-14-9-15(20)10-16(24-2)18(14)25-3/h9-10,17,23H,4-8,11-13H2,1-3H3/t17-,19-/m0/s1. The molecule has 1 N–H and O–H groups in total. The number of methoxy groups -OCH3 is 2. The van der Waals surface area contributed by atoms with Gasteiger partial charge >= 0.3 is 0 Å². The van der Waals surface area contributed by atoms with Gasteiger partial charge in [-0.05, 0) is 38.9 Å². The Morgan fingerprint density at radius 2 is 2.04 bits per heavy atom. The monoisotopic (exact) mass is 368 g/mol. The van der Waals surface area contributed by atoms with Gasteiger partial charge in [-0.1, -0.05) is 11.6 Å². The van der Waals surface area contributed by atoms with Gasteiger partial charge in [-0.3, -0.25) is 4.90 Å². The van der Waals surface area contributed by atoms with Gasteiger partial charge in [-0.15, -0.1) is 0 Å². The van der Waals surface area contributed by atoms with Crippen LogP contribution in [0, 0.1) is 5.41 Å². The Morgan fingerprint density at radius 1 is 1.24 bits per heavy atom. The van der Waals surface area contributed by atoms with Crippen molar-refractivity contribution in [2.24, 2.45) is 5.41 Å². The molecule has 3 rings (SSSR count). The molecule has 2 heterocycles. The SMILES string of the molecule is COc1cc(Cl)cc(CN2CCC[C@]3(CN(C)CC[C@@H]3O)C2)c1OC. The van der Waals surface area contributed by atoms with E-state index in [1.54, 1.807) is 20.3 Å². The predicted molar refractivity (Wildman–Crippen MR) is 99.6 cm³/mol. The second-order valence-corrected chi connectivity index (χ2v) is 7.96. The number of hydrogen-bond donors (Lipinski definition) is 1. The minimum Gasteiger partial charge on any atom is -0.493 e. The van der Waals surface area contributed by atoms with E-state index >= 15 is 0 Å². The van der Waals surface area contributed by atoms with E-state index in [1.165, 1.54) is 0 Å². The summed E-state index contributed by atoms with van der Waals surface area (Å²) in [6.07, 6.45) is 2.83. The van der Waals surface area contributed by atoms with Gasteiger partial charge in [0.2, 0.25) is 0 Å². The Balaban J connectivity index is 1.80. The average Bonchev–Trinajstić information content (AvgIpc) is 2.58. The van der Waals surface area contributed by atoms with Crippen molar-refractivity contribution >= 4 is 11.6 Å². The fourth-order valence-corrected chi connectivity index (χ4v) is 4.76. The minimum atomic E-state index is -0.220. The number of likely N-dealkylation sites (tertiary alicyclic amines) is 2. The van der Waals surface area contributed by atoms with Gasteiger partial charge in [-0.25, -0.2) is 0 Å². The third-order valence-electron chi connectivity index (χ3n) is 5.68. The van der Waals surface area contributed by atoms with E-state index in [-0.39, 0.29) is 11.5 Å². The Kier molecular flexibility index (Phi) is 5.78. The van der Waals surface area contributed by atoms with E-state index in [0.717, 1.165) is 63.3 Å². The molecule has 1 aromatic carbocycles. The Labute approximate surface area is 155 Å². The van der Waals surface area contributed by atoms with E-state index in [0.29, 0.717) is 10.8 Å². The van der Waals surface area contributed by atoms with Crippen LogP contribution in [-0.4, -0.2) is 68.5 Å². The number of rotatable bonds is 4. The molecule has 0 bridgehead atoms. The van der Waals surface area contributed by atoms with Crippen molar-refractivity contribution in [2.45, 2.75) is 31.9 Å². The van der Waals surface area contributed by atoms with Gasteiger partial charge in [0.15, 0.2) is 11.5 Å². The molecule has 1 aromatic rings. The number of aliphatic hydroxyl groups excluding tert-OH is 1. The molecule has 140 valence electrons. The summed E-state index contributed by atoms with van der Waals surface area (Å²) >= 11 is 6.26. The van der Waals surface area contributed by atoms with Crippen LogP contribution in [-0.2, 0) is 6.54 Å². The van der Waals surface area contributed by atoms with Crippen molar-refractivity contribution in [3.8, 4) is 11.5 Å². The van der Waals surface area contributed by atoms with Crippen molar-refractivity contribution in [3.63, 3.8) is 0 Å². The smallest absolute Gasteiger partial charge is 0.165 e. The molecular weight excluding hydrogens is 340 g/mol. The molecule has 2 atom stereocenters. The quantitative estimate of drug-likeness (QED) is 0.885. The zero-order valence-corrected chi connectivity index (χ0v) is 16.2. The molecule has 0 saturated carbocycles. The molecule has 0 amide bonds. The number of hydrogen-bond acceptors (Lipinski definition) is 5. The first kappa shape index (κ1) is 18.8. The summed E-state index contributed by atoms with van der Waals surface area (Å²) in [4.78, 5) is 4.76. The molecule has 2 aliphatic heterocycles. The lowest BCUT2D eigenvalue weighted by atomic mass is 9.71. The average molecular weight is 369 g/mol. The summed E-state index contributed by atoms with van der Waals surface area (Å²) < 4.78 is 11.0. The van der Waals surface area contributed by atoms with Crippen molar-refractivity contribution in [1.29, 1.82) is 0 Å². The molecule has 2 aliphatic rings. The summed E-state index contributed by atoms with van der Waals surface area (Å²) in [5, 5.41) is 11.3. The van der Waals surface area contributed by atoms with E-state index in [2.05, 4.69) is 16.8 Å². The maximum absolute atomic E-state index is 10.7. The molecule has 6 heteroatoms. The third kappa shape index (κ3) is 3.90. The molecule has 2 saturated heterocycles. The molecule has 1 spiro atoms. The normalized spacial score (nSPS) is 28.3. The maximum atomic E-state index is 10.7. The van der Waals surface area contributed by atoms with E-state index in [4.69, 9.17) is 21.1 Å².